The maximum atomic E-state index is 12.3. The van der Waals surface area contributed by atoms with Crippen LogP contribution in [0.4, 0.5) is 5.69 Å². The molecule has 9 heteroatoms. The Bertz CT molecular complexity index is 927. The first-order chi connectivity index (χ1) is 13.1. The van der Waals surface area contributed by atoms with Gasteiger partial charge in [0.15, 0.2) is 5.95 Å². The summed E-state index contributed by atoms with van der Waals surface area (Å²) in [6, 6.07) is 14.0. The molecule has 0 aliphatic rings. The second kappa shape index (κ2) is 8.45. The lowest BCUT2D eigenvalue weighted by atomic mass is 10.3. The number of aromatic nitrogens is 2. The first-order valence-electron chi connectivity index (χ1n) is 7.91. The van der Waals surface area contributed by atoms with E-state index in [9.17, 15) is 9.90 Å². The minimum absolute atomic E-state index is 0.00462. The molecular formula is C18H17N3O5S. The molecule has 8 nitrogen and oxygen atoms in total. The molecule has 1 heterocycles. The van der Waals surface area contributed by atoms with E-state index in [-0.39, 0.29) is 16.7 Å². The average Bonchev–Trinajstić information content (AvgIpc) is 3.07. The Labute approximate surface area is 159 Å². The van der Waals surface area contributed by atoms with Gasteiger partial charge in [0.1, 0.15) is 11.5 Å². The SMILES string of the molecule is COc1ccc(-[n+]2noc([O-])c2SCC(=O)Nc2ccccc2OC)cc1. The largest absolute Gasteiger partial charge is 0.538 e. The van der Waals surface area contributed by atoms with Gasteiger partial charge in [-0.05, 0) is 40.7 Å². The highest BCUT2D eigenvalue weighted by molar-refractivity contribution is 7.99. The molecule has 1 N–H and O–H groups in total. The second-order valence-corrected chi connectivity index (χ2v) is 6.28. The van der Waals surface area contributed by atoms with Crippen LogP contribution < -0.4 is 24.6 Å². The molecule has 0 radical (unpaired) electrons. The van der Waals surface area contributed by atoms with Crippen molar-refractivity contribution in [3.05, 3.63) is 48.5 Å². The number of ether oxygens (including phenoxy) is 2. The summed E-state index contributed by atoms with van der Waals surface area (Å²) in [6.07, 6.45) is 0. The van der Waals surface area contributed by atoms with Gasteiger partial charge in [-0.2, -0.15) is 0 Å². The van der Waals surface area contributed by atoms with E-state index in [4.69, 9.17) is 14.0 Å². The molecule has 27 heavy (non-hydrogen) atoms. The number of hydrogen-bond acceptors (Lipinski definition) is 7. The summed E-state index contributed by atoms with van der Waals surface area (Å²) in [5, 5.41) is 18.7. The maximum Gasteiger partial charge on any atom is 0.298 e. The maximum absolute atomic E-state index is 12.3. The van der Waals surface area contributed by atoms with Crippen molar-refractivity contribution in [2.75, 3.05) is 25.3 Å². The summed E-state index contributed by atoms with van der Waals surface area (Å²) in [5.74, 6) is 0.339. The number of rotatable bonds is 7. The van der Waals surface area contributed by atoms with Crippen LogP contribution in [-0.2, 0) is 4.79 Å². The zero-order valence-electron chi connectivity index (χ0n) is 14.7. The molecule has 0 saturated carbocycles. The zero-order chi connectivity index (χ0) is 19.2. The Hall–Kier alpha value is -3.20. The first-order valence-corrected chi connectivity index (χ1v) is 8.90. The van der Waals surface area contributed by atoms with E-state index in [1.807, 2.05) is 6.07 Å². The van der Waals surface area contributed by atoms with Crippen LogP contribution in [0.3, 0.4) is 0 Å². The van der Waals surface area contributed by atoms with Gasteiger partial charge in [0.25, 0.3) is 5.03 Å². The number of amides is 1. The topological polar surface area (TPSA) is 101 Å². The van der Waals surface area contributed by atoms with Gasteiger partial charge in [-0.3, -0.25) is 4.79 Å². The summed E-state index contributed by atoms with van der Waals surface area (Å²) in [5.41, 5.74) is 1.18. The molecule has 140 valence electrons. The van der Waals surface area contributed by atoms with Crippen molar-refractivity contribution in [1.82, 2.24) is 5.27 Å². The van der Waals surface area contributed by atoms with E-state index < -0.39 is 5.95 Å². The third kappa shape index (κ3) is 4.32. The van der Waals surface area contributed by atoms with Crippen LogP contribution in [0, 0.1) is 0 Å². The summed E-state index contributed by atoms with van der Waals surface area (Å²) in [4.78, 5) is 12.3. The van der Waals surface area contributed by atoms with E-state index in [0.29, 0.717) is 22.9 Å². The Balaban J connectivity index is 1.70. The lowest BCUT2D eigenvalue weighted by molar-refractivity contribution is -0.705. The first kappa shape index (κ1) is 18.6. The Morgan fingerprint density at radius 2 is 1.93 bits per heavy atom. The van der Waals surface area contributed by atoms with Gasteiger partial charge in [-0.1, -0.05) is 12.1 Å². The fraction of sp³-hybridized carbons (Fsp3) is 0.167. The highest BCUT2D eigenvalue weighted by Gasteiger charge is 2.22. The van der Waals surface area contributed by atoms with Gasteiger partial charge < -0.3 is 24.4 Å². The van der Waals surface area contributed by atoms with Gasteiger partial charge in [0.2, 0.25) is 11.6 Å². The number of para-hydroxylation sites is 2. The highest BCUT2D eigenvalue weighted by atomic mass is 32.2. The van der Waals surface area contributed by atoms with Crippen molar-refractivity contribution in [2.24, 2.45) is 0 Å². The van der Waals surface area contributed by atoms with Crippen molar-refractivity contribution in [3.63, 3.8) is 0 Å². The molecule has 1 amide bonds. The minimum Gasteiger partial charge on any atom is -0.538 e. The lowest BCUT2D eigenvalue weighted by Gasteiger charge is -2.09. The van der Waals surface area contributed by atoms with Crippen molar-refractivity contribution < 1.29 is 28.6 Å². The molecule has 3 rings (SSSR count). The minimum atomic E-state index is -0.610. The van der Waals surface area contributed by atoms with Crippen LogP contribution >= 0.6 is 11.8 Å². The fourth-order valence-corrected chi connectivity index (χ4v) is 3.07. The van der Waals surface area contributed by atoms with Gasteiger partial charge in [0.05, 0.1) is 30.9 Å². The molecule has 0 aliphatic carbocycles. The van der Waals surface area contributed by atoms with Crippen LogP contribution in [0.25, 0.3) is 5.69 Å². The third-order valence-corrected chi connectivity index (χ3v) is 4.63. The van der Waals surface area contributed by atoms with Crippen molar-refractivity contribution in [1.29, 1.82) is 0 Å². The number of thioether (sulfide) groups is 1. The number of carbonyl (C=O) groups is 1. The summed E-state index contributed by atoms with van der Waals surface area (Å²) < 4.78 is 16.4. The number of hydrogen-bond donors (Lipinski definition) is 1. The third-order valence-electron chi connectivity index (χ3n) is 3.61. The summed E-state index contributed by atoms with van der Waals surface area (Å²) in [7, 11) is 3.09. The predicted octanol–water partition coefficient (Wildman–Crippen LogP) is 1.77. The molecule has 0 atom stereocenters. The molecule has 0 fully saturated rings. The normalized spacial score (nSPS) is 10.4. The monoisotopic (exact) mass is 387 g/mol. The molecule has 0 bridgehead atoms. The van der Waals surface area contributed by atoms with Gasteiger partial charge in [0, 0.05) is 12.1 Å². The van der Waals surface area contributed by atoms with Crippen LogP contribution in [0.5, 0.6) is 17.4 Å². The summed E-state index contributed by atoms with van der Waals surface area (Å²) >= 11 is 1.04. The van der Waals surface area contributed by atoms with Gasteiger partial charge >= 0.3 is 0 Å². The van der Waals surface area contributed by atoms with Crippen molar-refractivity contribution in [2.45, 2.75) is 5.03 Å². The van der Waals surface area contributed by atoms with Gasteiger partial charge in [-0.15, -0.1) is 0 Å². The van der Waals surface area contributed by atoms with Crippen molar-refractivity contribution >= 4 is 23.4 Å². The van der Waals surface area contributed by atoms with Gasteiger partial charge in [-0.25, -0.2) is 0 Å². The molecule has 1 aromatic heterocycles. The zero-order valence-corrected chi connectivity index (χ0v) is 15.5. The van der Waals surface area contributed by atoms with E-state index in [0.717, 1.165) is 11.8 Å². The Morgan fingerprint density at radius 1 is 1.19 bits per heavy atom. The highest BCUT2D eigenvalue weighted by Crippen LogP contribution is 2.26. The molecule has 0 aliphatic heterocycles. The van der Waals surface area contributed by atoms with E-state index >= 15 is 0 Å². The number of benzene rings is 2. The smallest absolute Gasteiger partial charge is 0.298 e. The molecule has 3 aromatic rings. The van der Waals surface area contributed by atoms with E-state index in [1.54, 1.807) is 49.6 Å². The van der Waals surface area contributed by atoms with Crippen LogP contribution in [-0.4, -0.2) is 31.2 Å². The fourth-order valence-electron chi connectivity index (χ4n) is 2.32. The second-order valence-electron chi connectivity index (χ2n) is 5.31. The quantitative estimate of drug-likeness (QED) is 0.487. The molecule has 0 saturated heterocycles. The lowest BCUT2D eigenvalue weighted by Crippen LogP contribution is -2.35. The number of nitrogens with zero attached hydrogens (tertiary/aromatic N) is 2. The van der Waals surface area contributed by atoms with Crippen molar-refractivity contribution in [3.8, 4) is 23.1 Å². The van der Waals surface area contributed by atoms with Crippen LogP contribution in [0.1, 0.15) is 0 Å². The average molecular weight is 387 g/mol. The Kier molecular flexibility index (Phi) is 5.82. The van der Waals surface area contributed by atoms with E-state index in [1.165, 1.54) is 11.8 Å². The van der Waals surface area contributed by atoms with Crippen LogP contribution in [0.15, 0.2) is 58.1 Å². The Morgan fingerprint density at radius 3 is 2.63 bits per heavy atom. The number of nitrogens with one attached hydrogen (secondary N) is 1. The predicted molar refractivity (Wildman–Crippen MR) is 96.4 cm³/mol. The number of methoxy groups -OCH3 is 2. The van der Waals surface area contributed by atoms with Crippen LogP contribution in [0.2, 0.25) is 0 Å². The standard InChI is InChI=1S/C18H17N3O5S/c1-24-13-9-7-12(8-10-13)21-17(18(23)26-20-21)27-11-16(22)19-14-5-3-4-6-15(14)25-2/h3-10H,11H2,1-2H3,(H-,19,20,22,23). The molecule has 0 unspecified atom stereocenters. The number of anilines is 1. The molecule has 2 aromatic carbocycles. The molecule has 0 spiro atoms. The summed E-state index contributed by atoms with van der Waals surface area (Å²) in [6.45, 7) is 0. The van der Waals surface area contributed by atoms with E-state index in [2.05, 4.69) is 10.6 Å². The molecular weight excluding hydrogens is 370 g/mol. The number of carbonyl (C=O) groups excluding carboxylic acids is 1.